The highest BCUT2D eigenvalue weighted by Crippen LogP contribution is 2.46. The monoisotopic (exact) mass is 459 g/mol. The average Bonchev–Trinajstić information content (AvgIpc) is 3.50. The van der Waals surface area contributed by atoms with E-state index in [1.54, 1.807) is 13.0 Å². The van der Waals surface area contributed by atoms with Crippen LogP contribution in [0.25, 0.3) is 0 Å². The van der Waals surface area contributed by atoms with Crippen molar-refractivity contribution in [2.75, 3.05) is 5.32 Å². The maximum atomic E-state index is 13.5. The summed E-state index contributed by atoms with van der Waals surface area (Å²) < 4.78 is 40.5. The highest BCUT2D eigenvalue weighted by Gasteiger charge is 2.45. The third-order valence-corrected chi connectivity index (χ3v) is 6.29. The number of alkyl halides is 3. The summed E-state index contributed by atoms with van der Waals surface area (Å²) >= 11 is 12.0. The molecule has 2 N–H and O–H groups in total. The van der Waals surface area contributed by atoms with Crippen molar-refractivity contribution in [2.24, 2.45) is 11.8 Å². The molecule has 2 aromatic carbocycles. The molecule has 2 aromatic rings. The molecule has 3 rings (SSSR count). The third kappa shape index (κ3) is 4.93. The zero-order valence-corrected chi connectivity index (χ0v) is 17.9. The normalized spacial score (nSPS) is 18.4. The molecule has 0 aliphatic heterocycles. The van der Waals surface area contributed by atoms with Gasteiger partial charge in [-0.25, -0.2) is 0 Å². The van der Waals surface area contributed by atoms with Crippen LogP contribution in [0.1, 0.15) is 43.7 Å². The van der Waals surface area contributed by atoms with E-state index in [0.29, 0.717) is 10.6 Å². The maximum Gasteiger partial charge on any atom is 0.392 e. The van der Waals surface area contributed by atoms with Gasteiger partial charge in [0.1, 0.15) is 0 Å². The Labute approximate surface area is 183 Å². The lowest BCUT2D eigenvalue weighted by molar-refractivity contribution is -0.178. The molecule has 1 saturated carbocycles. The van der Waals surface area contributed by atoms with Gasteiger partial charge >= 0.3 is 6.18 Å². The van der Waals surface area contributed by atoms with Gasteiger partial charge in [-0.3, -0.25) is 4.79 Å². The SMILES string of the molecule is C[C@H]([C@H](C(=O)Nc1cc(C(C)(O)C2CC2)ccc1Cl)c1ccc(Cl)cc1)C(F)(F)F. The molecule has 0 radical (unpaired) electrons. The second-order valence-corrected chi connectivity index (χ2v) is 8.81. The summed E-state index contributed by atoms with van der Waals surface area (Å²) in [4.78, 5) is 13.0. The van der Waals surface area contributed by atoms with Crippen molar-refractivity contribution in [3.8, 4) is 0 Å². The van der Waals surface area contributed by atoms with Gasteiger partial charge in [0.05, 0.1) is 28.1 Å². The van der Waals surface area contributed by atoms with Crippen molar-refractivity contribution in [3.63, 3.8) is 0 Å². The van der Waals surface area contributed by atoms with Crippen LogP contribution in [0, 0.1) is 11.8 Å². The van der Waals surface area contributed by atoms with E-state index in [2.05, 4.69) is 5.32 Å². The lowest BCUT2D eigenvalue weighted by atomic mass is 9.85. The molecule has 1 aliphatic rings. The first-order chi connectivity index (χ1) is 13.9. The standard InChI is InChI=1S/C22H22Cl2F3NO2/c1-12(22(25,26)27)19(13-3-8-16(23)9-4-13)20(29)28-18-11-15(7-10-17(18)24)21(2,30)14-5-6-14/h3-4,7-12,14,19,30H,5-6H2,1-2H3,(H,28,29)/t12-,19+,21?/m1/s1. The van der Waals surface area contributed by atoms with E-state index in [1.807, 2.05) is 0 Å². The third-order valence-electron chi connectivity index (χ3n) is 5.71. The van der Waals surface area contributed by atoms with Crippen molar-refractivity contribution in [3.05, 3.63) is 63.6 Å². The largest absolute Gasteiger partial charge is 0.392 e. The molecule has 3 atom stereocenters. The minimum atomic E-state index is -4.58. The van der Waals surface area contributed by atoms with Gasteiger partial charge in [-0.1, -0.05) is 48.3 Å². The summed E-state index contributed by atoms with van der Waals surface area (Å²) in [5, 5.41) is 13.8. The number of hydrogen-bond acceptors (Lipinski definition) is 2. The molecular formula is C22H22Cl2F3NO2. The lowest BCUT2D eigenvalue weighted by Gasteiger charge is -2.27. The van der Waals surface area contributed by atoms with E-state index in [1.165, 1.54) is 36.4 Å². The fourth-order valence-electron chi connectivity index (χ4n) is 3.55. The summed E-state index contributed by atoms with van der Waals surface area (Å²) in [6.45, 7) is 2.65. The molecule has 162 valence electrons. The molecule has 30 heavy (non-hydrogen) atoms. The number of carbonyl (C=O) groups is 1. The Balaban J connectivity index is 1.93. The van der Waals surface area contributed by atoms with Gasteiger partial charge in [0.25, 0.3) is 0 Å². The molecule has 1 fully saturated rings. The first-order valence-electron chi connectivity index (χ1n) is 9.56. The van der Waals surface area contributed by atoms with Crippen LogP contribution in [-0.4, -0.2) is 17.2 Å². The Morgan fingerprint density at radius 2 is 1.73 bits per heavy atom. The number of anilines is 1. The van der Waals surface area contributed by atoms with Crippen LogP contribution in [-0.2, 0) is 10.4 Å². The number of nitrogens with one attached hydrogen (secondary N) is 1. The Morgan fingerprint density at radius 3 is 2.27 bits per heavy atom. The number of carbonyl (C=O) groups excluding carboxylic acids is 1. The van der Waals surface area contributed by atoms with Crippen LogP contribution < -0.4 is 5.32 Å². The summed E-state index contributed by atoms with van der Waals surface area (Å²) in [6, 6.07) is 10.4. The van der Waals surface area contributed by atoms with E-state index in [9.17, 15) is 23.1 Å². The minimum absolute atomic E-state index is 0.106. The number of benzene rings is 2. The van der Waals surface area contributed by atoms with Gasteiger partial charge in [0, 0.05) is 5.02 Å². The van der Waals surface area contributed by atoms with Crippen molar-refractivity contribution >= 4 is 34.8 Å². The molecule has 0 aromatic heterocycles. The van der Waals surface area contributed by atoms with Crippen LogP contribution in [0.4, 0.5) is 18.9 Å². The Kier molecular flexibility index (Phi) is 6.42. The Hall–Kier alpha value is -1.76. The topological polar surface area (TPSA) is 49.3 Å². The zero-order chi connectivity index (χ0) is 22.3. The molecule has 1 amide bonds. The van der Waals surface area contributed by atoms with E-state index >= 15 is 0 Å². The predicted molar refractivity (Wildman–Crippen MR) is 112 cm³/mol. The second kappa shape index (κ2) is 8.40. The highest BCUT2D eigenvalue weighted by atomic mass is 35.5. The molecule has 3 nitrogen and oxygen atoms in total. The zero-order valence-electron chi connectivity index (χ0n) is 16.4. The van der Waals surface area contributed by atoms with E-state index < -0.39 is 29.5 Å². The number of hydrogen-bond donors (Lipinski definition) is 2. The van der Waals surface area contributed by atoms with Gasteiger partial charge in [-0.2, -0.15) is 13.2 Å². The molecule has 0 spiro atoms. The predicted octanol–water partition coefficient (Wildman–Crippen LogP) is 6.53. The van der Waals surface area contributed by atoms with Crippen molar-refractivity contribution < 1.29 is 23.1 Å². The molecule has 0 bridgehead atoms. The second-order valence-electron chi connectivity index (χ2n) is 7.97. The van der Waals surface area contributed by atoms with Gasteiger partial charge in [-0.05, 0) is 61.1 Å². The molecule has 1 aliphatic carbocycles. The smallest absolute Gasteiger partial charge is 0.385 e. The van der Waals surface area contributed by atoms with Crippen LogP contribution in [0.3, 0.4) is 0 Å². The first kappa shape index (κ1) is 22.9. The summed E-state index contributed by atoms with van der Waals surface area (Å²) in [7, 11) is 0. The van der Waals surface area contributed by atoms with E-state index in [0.717, 1.165) is 19.8 Å². The van der Waals surface area contributed by atoms with Crippen molar-refractivity contribution in [2.45, 2.75) is 44.4 Å². The molecular weight excluding hydrogens is 438 g/mol. The van der Waals surface area contributed by atoms with Crippen molar-refractivity contribution in [1.29, 1.82) is 0 Å². The van der Waals surface area contributed by atoms with Crippen LogP contribution in [0.2, 0.25) is 10.0 Å². The maximum absolute atomic E-state index is 13.5. The summed E-state index contributed by atoms with van der Waals surface area (Å²) in [5.41, 5.74) is -0.192. The summed E-state index contributed by atoms with van der Waals surface area (Å²) in [5.74, 6) is -4.16. The number of aliphatic hydroxyl groups is 1. The van der Waals surface area contributed by atoms with Crippen LogP contribution in [0.15, 0.2) is 42.5 Å². The van der Waals surface area contributed by atoms with Crippen LogP contribution in [0.5, 0.6) is 0 Å². The molecule has 8 heteroatoms. The van der Waals surface area contributed by atoms with Gasteiger partial charge in [0.15, 0.2) is 0 Å². The summed E-state index contributed by atoms with van der Waals surface area (Å²) in [6.07, 6.45) is -2.80. The fourth-order valence-corrected chi connectivity index (χ4v) is 3.84. The van der Waals surface area contributed by atoms with Crippen molar-refractivity contribution in [1.82, 2.24) is 0 Å². The number of amides is 1. The van der Waals surface area contributed by atoms with E-state index in [4.69, 9.17) is 23.2 Å². The lowest BCUT2D eigenvalue weighted by Crippen LogP contribution is -2.34. The highest BCUT2D eigenvalue weighted by molar-refractivity contribution is 6.33. The quantitative estimate of drug-likeness (QED) is 0.515. The molecule has 1 unspecified atom stereocenters. The van der Waals surface area contributed by atoms with Gasteiger partial charge in [0.2, 0.25) is 5.91 Å². The van der Waals surface area contributed by atoms with Crippen LogP contribution >= 0.6 is 23.2 Å². The Bertz CT molecular complexity index is 925. The number of rotatable bonds is 6. The minimum Gasteiger partial charge on any atom is -0.385 e. The molecule has 0 heterocycles. The Morgan fingerprint density at radius 1 is 1.13 bits per heavy atom. The van der Waals surface area contributed by atoms with Gasteiger partial charge in [-0.15, -0.1) is 0 Å². The van der Waals surface area contributed by atoms with E-state index in [-0.39, 0.29) is 22.2 Å². The molecule has 0 saturated heterocycles. The average molecular weight is 460 g/mol. The number of halogens is 5. The first-order valence-corrected chi connectivity index (χ1v) is 10.3. The fraction of sp³-hybridized carbons (Fsp3) is 0.409. The van der Waals surface area contributed by atoms with Gasteiger partial charge < -0.3 is 10.4 Å².